The van der Waals surface area contributed by atoms with Crippen molar-refractivity contribution in [2.45, 2.75) is 19.0 Å². The maximum Gasteiger partial charge on any atom is 0.337 e. The topological polar surface area (TPSA) is 63.7 Å². The van der Waals surface area contributed by atoms with Crippen LogP contribution in [0.15, 0.2) is 24.3 Å². The van der Waals surface area contributed by atoms with Gasteiger partial charge in [0.15, 0.2) is 9.84 Å². The van der Waals surface area contributed by atoms with Gasteiger partial charge in [-0.15, -0.1) is 0 Å². The Morgan fingerprint density at radius 2 is 2.00 bits per heavy atom. The van der Waals surface area contributed by atoms with Gasteiger partial charge >= 0.3 is 5.97 Å². The Bertz CT molecular complexity index is 580. The number of rotatable bonds is 4. The molecule has 0 aromatic heterocycles. The van der Waals surface area contributed by atoms with Crippen molar-refractivity contribution in [1.29, 1.82) is 0 Å². The van der Waals surface area contributed by atoms with Crippen LogP contribution >= 0.6 is 0 Å². The summed E-state index contributed by atoms with van der Waals surface area (Å²) in [6.45, 7) is 0.668. The second kappa shape index (κ2) is 5.93. The molecule has 0 N–H and O–H groups in total. The zero-order valence-corrected chi connectivity index (χ0v) is 12.5. The average molecular weight is 297 g/mol. The number of esters is 1. The summed E-state index contributed by atoms with van der Waals surface area (Å²) in [4.78, 5) is 13.4. The van der Waals surface area contributed by atoms with Crippen molar-refractivity contribution >= 4 is 15.8 Å². The third kappa shape index (κ3) is 3.58. The molecule has 110 valence electrons. The lowest BCUT2D eigenvalue weighted by atomic mass is 10.1. The first kappa shape index (κ1) is 15.0. The molecule has 0 amide bonds. The van der Waals surface area contributed by atoms with Crippen LogP contribution in [0, 0.1) is 0 Å². The molecule has 5 nitrogen and oxygen atoms in total. The van der Waals surface area contributed by atoms with Crippen molar-refractivity contribution < 1.29 is 17.9 Å². The third-order valence-electron chi connectivity index (χ3n) is 3.64. The van der Waals surface area contributed by atoms with E-state index < -0.39 is 9.84 Å². The normalized spacial score (nSPS) is 21.1. The molecule has 0 bridgehead atoms. The quantitative estimate of drug-likeness (QED) is 0.779. The van der Waals surface area contributed by atoms with E-state index in [2.05, 4.69) is 9.64 Å². The van der Waals surface area contributed by atoms with Crippen LogP contribution in [0.25, 0.3) is 0 Å². The number of ether oxygens (including phenoxy) is 1. The fraction of sp³-hybridized carbons (Fsp3) is 0.500. The summed E-state index contributed by atoms with van der Waals surface area (Å²) in [6, 6.07) is 7.26. The van der Waals surface area contributed by atoms with Gasteiger partial charge < -0.3 is 4.74 Å². The van der Waals surface area contributed by atoms with Crippen molar-refractivity contribution in [2.75, 3.05) is 25.7 Å². The summed E-state index contributed by atoms with van der Waals surface area (Å²) in [5.74, 6) is 0.166. The van der Waals surface area contributed by atoms with Gasteiger partial charge in [0, 0.05) is 12.6 Å². The molecule has 1 aliphatic heterocycles. The van der Waals surface area contributed by atoms with Crippen LogP contribution in [0.3, 0.4) is 0 Å². The van der Waals surface area contributed by atoms with Gasteiger partial charge in [0.2, 0.25) is 0 Å². The van der Waals surface area contributed by atoms with Gasteiger partial charge in [-0.3, -0.25) is 4.90 Å². The lowest BCUT2D eigenvalue weighted by molar-refractivity contribution is 0.0600. The number of carbonyl (C=O) groups excluding carboxylic acids is 1. The van der Waals surface area contributed by atoms with Crippen molar-refractivity contribution in [3.05, 3.63) is 35.4 Å². The summed E-state index contributed by atoms with van der Waals surface area (Å²) in [7, 11) is 0.425. The Kier molecular flexibility index (Phi) is 4.45. The molecule has 2 rings (SSSR count). The van der Waals surface area contributed by atoms with Crippen LogP contribution < -0.4 is 0 Å². The molecule has 1 heterocycles. The molecule has 20 heavy (non-hydrogen) atoms. The number of benzene rings is 1. The van der Waals surface area contributed by atoms with E-state index in [0.29, 0.717) is 18.5 Å². The third-order valence-corrected chi connectivity index (χ3v) is 5.39. The first-order valence-corrected chi connectivity index (χ1v) is 8.31. The monoisotopic (exact) mass is 297 g/mol. The zero-order chi connectivity index (χ0) is 14.8. The van der Waals surface area contributed by atoms with Gasteiger partial charge in [0.05, 0.1) is 24.2 Å². The molecule has 1 aliphatic rings. The molecule has 1 fully saturated rings. The summed E-state index contributed by atoms with van der Waals surface area (Å²) >= 11 is 0. The van der Waals surface area contributed by atoms with Crippen molar-refractivity contribution in [3.63, 3.8) is 0 Å². The van der Waals surface area contributed by atoms with Crippen molar-refractivity contribution in [2.24, 2.45) is 0 Å². The molecular formula is C14H19NO4S. The average Bonchev–Trinajstić information content (AvgIpc) is 2.79. The van der Waals surface area contributed by atoms with Crippen LogP contribution in [0.5, 0.6) is 0 Å². The van der Waals surface area contributed by atoms with E-state index in [9.17, 15) is 13.2 Å². The predicted molar refractivity (Wildman–Crippen MR) is 76.3 cm³/mol. The summed E-state index contributed by atoms with van der Waals surface area (Å²) < 4.78 is 27.6. The second-order valence-corrected chi connectivity index (χ2v) is 7.39. The minimum Gasteiger partial charge on any atom is -0.465 e. The Balaban J connectivity index is 1.98. The molecule has 0 aliphatic carbocycles. The molecule has 6 heteroatoms. The van der Waals surface area contributed by atoms with E-state index in [1.807, 2.05) is 19.2 Å². The van der Waals surface area contributed by atoms with Crippen LogP contribution in [-0.4, -0.2) is 51.0 Å². The number of sulfone groups is 1. The summed E-state index contributed by atoms with van der Waals surface area (Å²) in [6.07, 6.45) is 0.694. The number of nitrogens with zero attached hydrogens (tertiary/aromatic N) is 1. The first-order chi connectivity index (χ1) is 9.41. The van der Waals surface area contributed by atoms with Gasteiger partial charge in [0.1, 0.15) is 0 Å². The zero-order valence-electron chi connectivity index (χ0n) is 11.7. The first-order valence-electron chi connectivity index (χ1n) is 6.49. The second-order valence-electron chi connectivity index (χ2n) is 5.16. The molecule has 1 aromatic rings. The van der Waals surface area contributed by atoms with Crippen LogP contribution in [-0.2, 0) is 21.1 Å². The number of methoxy groups -OCH3 is 1. The van der Waals surface area contributed by atoms with Gasteiger partial charge in [-0.1, -0.05) is 12.1 Å². The lowest BCUT2D eigenvalue weighted by Gasteiger charge is -2.23. The summed E-state index contributed by atoms with van der Waals surface area (Å²) in [5.41, 5.74) is 1.56. The highest BCUT2D eigenvalue weighted by Crippen LogP contribution is 2.18. The van der Waals surface area contributed by atoms with Crippen LogP contribution in [0.1, 0.15) is 22.3 Å². The minimum atomic E-state index is -2.86. The maximum atomic E-state index is 11.5. The Labute approximate surface area is 119 Å². The van der Waals surface area contributed by atoms with Gasteiger partial charge in [0.25, 0.3) is 0 Å². The fourth-order valence-electron chi connectivity index (χ4n) is 2.40. The lowest BCUT2D eigenvalue weighted by Crippen LogP contribution is -2.32. The van der Waals surface area contributed by atoms with E-state index >= 15 is 0 Å². The predicted octanol–water partition coefficient (Wildman–Crippen LogP) is 1.09. The van der Waals surface area contributed by atoms with E-state index in [1.165, 1.54) is 7.11 Å². The van der Waals surface area contributed by atoms with E-state index in [4.69, 9.17) is 0 Å². The molecule has 0 radical (unpaired) electrons. The van der Waals surface area contributed by atoms with E-state index in [-0.39, 0.29) is 23.5 Å². The fourth-order valence-corrected chi connectivity index (χ4v) is 4.21. The molecule has 1 saturated heterocycles. The van der Waals surface area contributed by atoms with Crippen LogP contribution in [0.2, 0.25) is 0 Å². The van der Waals surface area contributed by atoms with Gasteiger partial charge in [-0.25, -0.2) is 13.2 Å². The highest BCUT2D eigenvalue weighted by Gasteiger charge is 2.30. The smallest absolute Gasteiger partial charge is 0.337 e. The Morgan fingerprint density at radius 3 is 2.50 bits per heavy atom. The molecule has 0 saturated carbocycles. The number of hydrogen-bond donors (Lipinski definition) is 0. The number of hydrogen-bond acceptors (Lipinski definition) is 5. The molecule has 0 unspecified atom stereocenters. The molecule has 0 spiro atoms. The molecular weight excluding hydrogens is 278 g/mol. The molecule has 1 aromatic carbocycles. The van der Waals surface area contributed by atoms with E-state index in [1.54, 1.807) is 12.1 Å². The number of carbonyl (C=O) groups is 1. The highest BCUT2D eigenvalue weighted by molar-refractivity contribution is 7.91. The van der Waals surface area contributed by atoms with Crippen molar-refractivity contribution in [3.8, 4) is 0 Å². The molecule has 1 atom stereocenters. The van der Waals surface area contributed by atoms with E-state index in [0.717, 1.165) is 5.56 Å². The minimum absolute atomic E-state index is 0.0836. The standard InChI is InChI=1S/C14H19NO4S/c1-15(13-7-8-20(17,18)10-13)9-11-3-5-12(6-4-11)14(16)19-2/h3-6,13H,7-10H2,1-2H3/t13-/m0/s1. The summed E-state index contributed by atoms with van der Waals surface area (Å²) in [5, 5.41) is 0. The Morgan fingerprint density at radius 1 is 1.35 bits per heavy atom. The van der Waals surface area contributed by atoms with Gasteiger partial charge in [-0.2, -0.15) is 0 Å². The highest BCUT2D eigenvalue weighted by atomic mass is 32.2. The maximum absolute atomic E-state index is 11.5. The Hall–Kier alpha value is -1.40. The van der Waals surface area contributed by atoms with Crippen molar-refractivity contribution in [1.82, 2.24) is 4.90 Å². The van der Waals surface area contributed by atoms with Crippen LogP contribution in [0.4, 0.5) is 0 Å². The van der Waals surface area contributed by atoms with Gasteiger partial charge in [-0.05, 0) is 31.2 Å². The largest absolute Gasteiger partial charge is 0.465 e. The SMILES string of the molecule is COC(=O)c1ccc(CN(C)[C@H]2CCS(=O)(=O)C2)cc1.